The number of carbonyl (C=O) groups is 1. The Morgan fingerprint density at radius 3 is 2.43 bits per heavy atom. The number of cyclic esters (lactones) is 1. The van der Waals surface area contributed by atoms with Crippen LogP contribution in [0.2, 0.25) is 0 Å². The van der Waals surface area contributed by atoms with Gasteiger partial charge in [0, 0.05) is 23.5 Å². The highest BCUT2D eigenvalue weighted by atomic mass is 19.1. The number of halogens is 1. The van der Waals surface area contributed by atoms with E-state index in [4.69, 9.17) is 9.72 Å². The number of rotatable bonds is 5. The van der Waals surface area contributed by atoms with Gasteiger partial charge in [-0.1, -0.05) is 67.8 Å². The van der Waals surface area contributed by atoms with E-state index in [2.05, 4.69) is 18.2 Å². The Kier molecular flexibility index (Phi) is 7.05. The molecule has 0 bridgehead atoms. The average Bonchev–Trinajstić information content (AvgIpc) is 2.88. The van der Waals surface area contributed by atoms with Gasteiger partial charge in [0.2, 0.25) is 0 Å². The standard InChI is InChI=1S/C30H30FNO3/c31-23-13-11-20(12-14-23)27-19-28(21-7-3-1-4-8-21)32-30(22-9-5-2-6-10-22)26(27)16-15-25-17-24(33)18-29(34)35-25/h1,3-4,7-8,11-16,19,22,24-25,33H,2,5-6,9-10,17-18H2/t24-,25-/m1/s1. The highest BCUT2D eigenvalue weighted by molar-refractivity contribution is 5.81. The normalized spacial score (nSPS) is 21.3. The van der Waals surface area contributed by atoms with Crippen molar-refractivity contribution in [3.8, 4) is 22.4 Å². The van der Waals surface area contributed by atoms with Crippen LogP contribution in [-0.4, -0.2) is 28.3 Å². The third-order valence-electron chi connectivity index (χ3n) is 6.97. The maximum Gasteiger partial charge on any atom is 0.309 e. The predicted molar refractivity (Wildman–Crippen MR) is 135 cm³/mol. The fourth-order valence-corrected chi connectivity index (χ4v) is 5.19. The summed E-state index contributed by atoms with van der Waals surface area (Å²) in [7, 11) is 0. The first kappa shape index (κ1) is 23.4. The van der Waals surface area contributed by atoms with Gasteiger partial charge in [-0.3, -0.25) is 9.78 Å². The van der Waals surface area contributed by atoms with Gasteiger partial charge in [0.25, 0.3) is 0 Å². The van der Waals surface area contributed by atoms with E-state index in [0.717, 1.165) is 46.5 Å². The molecule has 180 valence electrons. The highest BCUT2D eigenvalue weighted by Crippen LogP contribution is 2.39. The number of hydrogen-bond donors (Lipinski definition) is 1. The first-order valence-electron chi connectivity index (χ1n) is 12.5. The molecule has 1 saturated heterocycles. The summed E-state index contributed by atoms with van der Waals surface area (Å²) in [6.07, 6.45) is 8.80. The van der Waals surface area contributed by atoms with E-state index >= 15 is 0 Å². The van der Waals surface area contributed by atoms with Gasteiger partial charge in [0.15, 0.2) is 0 Å². The maximum atomic E-state index is 13.8. The molecule has 2 heterocycles. The van der Waals surface area contributed by atoms with Crippen LogP contribution in [0.1, 0.15) is 62.1 Å². The highest BCUT2D eigenvalue weighted by Gasteiger charge is 2.27. The third-order valence-corrected chi connectivity index (χ3v) is 6.97. The lowest BCUT2D eigenvalue weighted by molar-refractivity contribution is -0.156. The number of nitrogens with zero attached hydrogens (tertiary/aromatic N) is 1. The van der Waals surface area contributed by atoms with Gasteiger partial charge < -0.3 is 9.84 Å². The van der Waals surface area contributed by atoms with Crippen LogP contribution in [-0.2, 0) is 9.53 Å². The fourth-order valence-electron chi connectivity index (χ4n) is 5.19. The summed E-state index contributed by atoms with van der Waals surface area (Å²) in [6, 6.07) is 18.7. The van der Waals surface area contributed by atoms with Crippen LogP contribution in [0.15, 0.2) is 66.7 Å². The lowest BCUT2D eigenvalue weighted by Crippen LogP contribution is -2.31. The number of esters is 1. The molecule has 5 rings (SSSR count). The topological polar surface area (TPSA) is 59.4 Å². The van der Waals surface area contributed by atoms with Crippen LogP contribution in [0, 0.1) is 5.82 Å². The van der Waals surface area contributed by atoms with E-state index in [0.29, 0.717) is 12.3 Å². The van der Waals surface area contributed by atoms with Crippen molar-refractivity contribution < 1.29 is 19.0 Å². The number of aromatic nitrogens is 1. The van der Waals surface area contributed by atoms with Crippen LogP contribution in [0.4, 0.5) is 4.39 Å². The largest absolute Gasteiger partial charge is 0.458 e. The molecule has 2 fully saturated rings. The Balaban J connectivity index is 1.66. The van der Waals surface area contributed by atoms with Crippen molar-refractivity contribution in [3.63, 3.8) is 0 Å². The van der Waals surface area contributed by atoms with Crippen molar-refractivity contribution in [2.75, 3.05) is 0 Å². The van der Waals surface area contributed by atoms with Crippen molar-refractivity contribution in [3.05, 3.63) is 83.8 Å². The molecule has 0 spiro atoms. The summed E-state index contributed by atoms with van der Waals surface area (Å²) in [5, 5.41) is 10.0. The monoisotopic (exact) mass is 471 g/mol. The molecule has 1 aliphatic heterocycles. The molecule has 4 nitrogen and oxygen atoms in total. The zero-order chi connectivity index (χ0) is 24.2. The molecule has 2 atom stereocenters. The lowest BCUT2D eigenvalue weighted by atomic mass is 9.82. The predicted octanol–water partition coefficient (Wildman–Crippen LogP) is 6.68. The smallest absolute Gasteiger partial charge is 0.309 e. The summed E-state index contributed by atoms with van der Waals surface area (Å²) in [4.78, 5) is 17.0. The molecular formula is C30H30FNO3. The second-order valence-corrected chi connectivity index (χ2v) is 9.54. The van der Waals surface area contributed by atoms with Gasteiger partial charge >= 0.3 is 5.97 Å². The minimum atomic E-state index is -0.695. The molecule has 35 heavy (non-hydrogen) atoms. The van der Waals surface area contributed by atoms with Gasteiger partial charge in [-0.15, -0.1) is 0 Å². The van der Waals surface area contributed by atoms with E-state index in [1.165, 1.54) is 31.4 Å². The molecule has 2 aliphatic rings. The molecule has 2 aromatic carbocycles. The van der Waals surface area contributed by atoms with Crippen molar-refractivity contribution >= 4 is 12.0 Å². The zero-order valence-electron chi connectivity index (χ0n) is 19.7. The van der Waals surface area contributed by atoms with Crippen molar-refractivity contribution in [2.45, 2.75) is 63.1 Å². The molecule has 1 aromatic heterocycles. The molecule has 5 heteroatoms. The molecule has 3 aromatic rings. The summed E-state index contributed by atoms with van der Waals surface area (Å²) < 4.78 is 19.2. The second kappa shape index (κ2) is 10.5. The van der Waals surface area contributed by atoms with Crippen molar-refractivity contribution in [2.24, 2.45) is 0 Å². The first-order valence-corrected chi connectivity index (χ1v) is 12.5. The Morgan fingerprint density at radius 1 is 0.971 bits per heavy atom. The molecule has 0 radical (unpaired) electrons. The SMILES string of the molecule is O=C1C[C@H](O)C[C@@H](C=Cc2c(-c3ccc(F)cc3)cc(-c3ccccc3)nc2C2CCCCC2)O1. The Bertz CT molecular complexity index is 1200. The maximum absolute atomic E-state index is 13.8. The summed E-state index contributed by atoms with van der Waals surface area (Å²) >= 11 is 0. The van der Waals surface area contributed by atoms with E-state index in [1.807, 2.05) is 30.4 Å². The van der Waals surface area contributed by atoms with E-state index in [-0.39, 0.29) is 18.2 Å². The minimum Gasteiger partial charge on any atom is -0.458 e. The average molecular weight is 472 g/mol. The first-order chi connectivity index (χ1) is 17.1. The van der Waals surface area contributed by atoms with Gasteiger partial charge in [-0.2, -0.15) is 0 Å². The molecular weight excluding hydrogens is 441 g/mol. The molecule has 1 aliphatic carbocycles. The molecule has 0 amide bonds. The summed E-state index contributed by atoms with van der Waals surface area (Å²) in [5.74, 6) is -0.341. The Labute approximate surface area is 205 Å². The summed E-state index contributed by atoms with van der Waals surface area (Å²) in [6.45, 7) is 0. The van der Waals surface area contributed by atoms with Crippen LogP contribution in [0.5, 0.6) is 0 Å². The van der Waals surface area contributed by atoms with Crippen LogP contribution in [0.25, 0.3) is 28.5 Å². The minimum absolute atomic E-state index is 0.0336. The number of aliphatic hydroxyl groups is 1. The Morgan fingerprint density at radius 2 is 1.71 bits per heavy atom. The van der Waals surface area contributed by atoms with Crippen LogP contribution < -0.4 is 0 Å². The Hall–Kier alpha value is -3.31. The number of hydrogen-bond acceptors (Lipinski definition) is 4. The van der Waals surface area contributed by atoms with Crippen LogP contribution in [0.3, 0.4) is 0 Å². The quantitative estimate of drug-likeness (QED) is 0.422. The zero-order valence-corrected chi connectivity index (χ0v) is 19.7. The molecule has 0 unspecified atom stereocenters. The van der Waals surface area contributed by atoms with Gasteiger partial charge in [-0.25, -0.2) is 4.39 Å². The number of carbonyl (C=O) groups excluding carboxylic acids is 1. The van der Waals surface area contributed by atoms with Gasteiger partial charge in [0.05, 0.1) is 23.9 Å². The third kappa shape index (κ3) is 5.51. The van der Waals surface area contributed by atoms with Crippen molar-refractivity contribution in [1.82, 2.24) is 4.98 Å². The van der Waals surface area contributed by atoms with Crippen molar-refractivity contribution in [1.29, 1.82) is 0 Å². The van der Waals surface area contributed by atoms with E-state index < -0.39 is 12.2 Å². The molecule has 1 N–H and O–H groups in total. The van der Waals surface area contributed by atoms with E-state index in [9.17, 15) is 14.3 Å². The number of benzene rings is 2. The molecule has 1 saturated carbocycles. The number of ether oxygens (including phenoxy) is 1. The second-order valence-electron chi connectivity index (χ2n) is 9.54. The summed E-state index contributed by atoms with van der Waals surface area (Å²) in [5.41, 5.74) is 5.81. The fraction of sp³-hybridized carbons (Fsp3) is 0.333. The number of aliphatic hydroxyl groups excluding tert-OH is 1. The van der Waals surface area contributed by atoms with Crippen LogP contribution >= 0.6 is 0 Å². The van der Waals surface area contributed by atoms with E-state index in [1.54, 1.807) is 12.1 Å². The number of pyridine rings is 1. The van der Waals surface area contributed by atoms with Gasteiger partial charge in [-0.05, 0) is 48.2 Å². The lowest BCUT2D eigenvalue weighted by Gasteiger charge is -2.26. The van der Waals surface area contributed by atoms with Gasteiger partial charge in [0.1, 0.15) is 11.9 Å².